The van der Waals surface area contributed by atoms with E-state index in [0.29, 0.717) is 24.7 Å². The molecule has 1 aliphatic heterocycles. The molecule has 7 heteroatoms. The first-order valence-electron chi connectivity index (χ1n) is 9.17. The van der Waals surface area contributed by atoms with Gasteiger partial charge in [-0.05, 0) is 45.0 Å². The second kappa shape index (κ2) is 9.09. The Balaban J connectivity index is 1.47. The number of anilines is 1. The average molecular weight is 374 g/mol. The molecule has 2 aromatic rings. The summed E-state index contributed by atoms with van der Waals surface area (Å²) in [4.78, 5) is 25.5. The van der Waals surface area contributed by atoms with Gasteiger partial charge in [-0.2, -0.15) is 0 Å². The van der Waals surface area contributed by atoms with Gasteiger partial charge in [0.15, 0.2) is 0 Å². The number of nitrogens with zero attached hydrogens (tertiary/aromatic N) is 4. The molecule has 1 aliphatic rings. The van der Waals surface area contributed by atoms with Gasteiger partial charge in [-0.1, -0.05) is 6.42 Å². The molecular formula is C19H27N5OS. The summed E-state index contributed by atoms with van der Waals surface area (Å²) in [5.41, 5.74) is 0.605. The lowest BCUT2D eigenvalue weighted by atomic mass is 10.0. The second-order valence-corrected chi connectivity index (χ2v) is 7.84. The fraction of sp³-hybridized carbons (Fsp3) is 0.526. The first-order valence-corrected chi connectivity index (χ1v) is 10.1. The topological polar surface area (TPSA) is 61.4 Å². The molecule has 0 spiro atoms. The standard InChI is InChI=1S/C19H27N5OS/c1-23-11-4-3-5-16(23)8-9-21-19(25)15-6-7-17(22-13-15)24(2)14-18-20-10-12-26-18/h6-7,10,12-13,16H,3-5,8-9,11,14H2,1-2H3,(H,21,25). The van der Waals surface area contributed by atoms with Gasteiger partial charge >= 0.3 is 0 Å². The van der Waals surface area contributed by atoms with E-state index in [1.165, 1.54) is 25.8 Å². The molecule has 1 amide bonds. The second-order valence-electron chi connectivity index (χ2n) is 6.86. The number of likely N-dealkylation sites (tertiary alicyclic amines) is 1. The molecule has 0 aromatic carbocycles. The number of thiazole rings is 1. The molecule has 140 valence electrons. The lowest BCUT2D eigenvalue weighted by molar-refractivity contribution is 0.0945. The number of aromatic nitrogens is 2. The summed E-state index contributed by atoms with van der Waals surface area (Å²) in [5.74, 6) is 0.783. The molecule has 1 N–H and O–H groups in total. The van der Waals surface area contributed by atoms with E-state index in [0.717, 1.165) is 17.2 Å². The molecule has 1 atom stereocenters. The van der Waals surface area contributed by atoms with E-state index >= 15 is 0 Å². The van der Waals surface area contributed by atoms with Gasteiger partial charge in [0.1, 0.15) is 10.8 Å². The monoisotopic (exact) mass is 373 g/mol. The number of carbonyl (C=O) groups is 1. The van der Waals surface area contributed by atoms with E-state index in [1.54, 1.807) is 23.7 Å². The SMILES string of the molecule is CN(Cc1nccs1)c1ccc(C(=O)NCCC2CCCCN2C)cn1. The van der Waals surface area contributed by atoms with Crippen LogP contribution in [0.4, 0.5) is 5.82 Å². The Morgan fingerprint density at radius 2 is 2.27 bits per heavy atom. The zero-order valence-corrected chi connectivity index (χ0v) is 16.3. The smallest absolute Gasteiger partial charge is 0.252 e. The number of amides is 1. The van der Waals surface area contributed by atoms with Crippen LogP contribution >= 0.6 is 11.3 Å². The Bertz CT molecular complexity index is 688. The maximum absolute atomic E-state index is 12.3. The van der Waals surface area contributed by atoms with Crippen molar-refractivity contribution in [3.8, 4) is 0 Å². The molecule has 2 aromatic heterocycles. The van der Waals surface area contributed by atoms with Gasteiger partial charge < -0.3 is 15.1 Å². The Morgan fingerprint density at radius 3 is 2.96 bits per heavy atom. The van der Waals surface area contributed by atoms with Gasteiger partial charge in [0, 0.05) is 37.4 Å². The van der Waals surface area contributed by atoms with Gasteiger partial charge in [-0.25, -0.2) is 9.97 Å². The van der Waals surface area contributed by atoms with Crippen LogP contribution in [0.1, 0.15) is 41.0 Å². The van der Waals surface area contributed by atoms with Crippen molar-refractivity contribution in [1.82, 2.24) is 20.2 Å². The van der Waals surface area contributed by atoms with Gasteiger partial charge in [0.2, 0.25) is 0 Å². The summed E-state index contributed by atoms with van der Waals surface area (Å²) in [7, 11) is 4.15. The fourth-order valence-electron chi connectivity index (χ4n) is 3.32. The van der Waals surface area contributed by atoms with Crippen LogP contribution < -0.4 is 10.2 Å². The van der Waals surface area contributed by atoms with Gasteiger partial charge in [0.25, 0.3) is 5.91 Å². The Hall–Kier alpha value is -1.99. The van der Waals surface area contributed by atoms with Crippen LogP contribution in [-0.2, 0) is 6.54 Å². The first kappa shape index (κ1) is 18.8. The largest absolute Gasteiger partial charge is 0.353 e. The van der Waals surface area contributed by atoms with E-state index in [1.807, 2.05) is 29.5 Å². The minimum absolute atomic E-state index is 0.0508. The van der Waals surface area contributed by atoms with Crippen LogP contribution in [0.2, 0.25) is 0 Å². The number of nitrogens with one attached hydrogen (secondary N) is 1. The summed E-state index contributed by atoms with van der Waals surface area (Å²) in [6.07, 6.45) is 8.27. The van der Waals surface area contributed by atoms with Crippen molar-refractivity contribution in [2.75, 3.05) is 32.1 Å². The highest BCUT2D eigenvalue weighted by molar-refractivity contribution is 7.09. The zero-order valence-electron chi connectivity index (χ0n) is 15.5. The summed E-state index contributed by atoms with van der Waals surface area (Å²) >= 11 is 1.63. The highest BCUT2D eigenvalue weighted by atomic mass is 32.1. The third-order valence-electron chi connectivity index (χ3n) is 4.94. The quantitative estimate of drug-likeness (QED) is 0.809. The first-order chi connectivity index (χ1) is 12.6. The number of hydrogen-bond donors (Lipinski definition) is 1. The molecule has 3 heterocycles. The lowest BCUT2D eigenvalue weighted by Crippen LogP contribution is -2.39. The van der Waals surface area contributed by atoms with Gasteiger partial charge in [-0.3, -0.25) is 4.79 Å². The lowest BCUT2D eigenvalue weighted by Gasteiger charge is -2.32. The predicted molar refractivity (Wildman–Crippen MR) is 106 cm³/mol. The van der Waals surface area contributed by atoms with Crippen LogP contribution in [0.5, 0.6) is 0 Å². The van der Waals surface area contributed by atoms with E-state index in [4.69, 9.17) is 0 Å². The maximum atomic E-state index is 12.3. The summed E-state index contributed by atoms with van der Waals surface area (Å²) < 4.78 is 0. The van der Waals surface area contributed by atoms with Gasteiger partial charge in [0.05, 0.1) is 12.1 Å². The van der Waals surface area contributed by atoms with Crippen LogP contribution in [0.3, 0.4) is 0 Å². The van der Waals surface area contributed by atoms with E-state index in [2.05, 4.69) is 27.2 Å². The molecule has 1 saturated heterocycles. The molecule has 0 radical (unpaired) electrons. The fourth-order valence-corrected chi connectivity index (χ4v) is 3.99. The zero-order chi connectivity index (χ0) is 18.4. The minimum atomic E-state index is -0.0508. The van der Waals surface area contributed by atoms with E-state index in [-0.39, 0.29) is 5.91 Å². The number of pyridine rings is 1. The van der Waals surface area contributed by atoms with Crippen molar-refractivity contribution in [1.29, 1.82) is 0 Å². The number of rotatable bonds is 7. The highest BCUT2D eigenvalue weighted by Gasteiger charge is 2.18. The molecule has 3 rings (SSSR count). The Labute approximate surface area is 159 Å². The normalized spacial score (nSPS) is 17.8. The molecule has 0 aliphatic carbocycles. The highest BCUT2D eigenvalue weighted by Crippen LogP contribution is 2.17. The van der Waals surface area contributed by atoms with Gasteiger partial charge in [-0.15, -0.1) is 11.3 Å². The molecule has 0 saturated carbocycles. The van der Waals surface area contributed by atoms with Crippen LogP contribution in [0.15, 0.2) is 29.9 Å². The molecule has 1 fully saturated rings. The number of piperidine rings is 1. The van der Waals surface area contributed by atoms with Crippen molar-refractivity contribution in [2.45, 2.75) is 38.3 Å². The Kier molecular flexibility index (Phi) is 6.57. The molecular weight excluding hydrogens is 346 g/mol. The maximum Gasteiger partial charge on any atom is 0.252 e. The van der Waals surface area contributed by atoms with Crippen molar-refractivity contribution >= 4 is 23.1 Å². The number of carbonyl (C=O) groups excluding carboxylic acids is 1. The minimum Gasteiger partial charge on any atom is -0.353 e. The van der Waals surface area contributed by atoms with Crippen molar-refractivity contribution in [3.63, 3.8) is 0 Å². The molecule has 6 nitrogen and oxygen atoms in total. The van der Waals surface area contributed by atoms with E-state index in [9.17, 15) is 4.79 Å². The van der Waals surface area contributed by atoms with Crippen molar-refractivity contribution < 1.29 is 4.79 Å². The molecule has 1 unspecified atom stereocenters. The Morgan fingerprint density at radius 1 is 1.38 bits per heavy atom. The average Bonchev–Trinajstić information content (AvgIpc) is 3.16. The van der Waals surface area contributed by atoms with Crippen LogP contribution in [0.25, 0.3) is 0 Å². The molecule has 0 bridgehead atoms. The van der Waals surface area contributed by atoms with Crippen LogP contribution in [-0.4, -0.2) is 54.0 Å². The molecule has 26 heavy (non-hydrogen) atoms. The van der Waals surface area contributed by atoms with Crippen LogP contribution in [0, 0.1) is 0 Å². The summed E-state index contributed by atoms with van der Waals surface area (Å²) in [5, 5.41) is 6.04. The summed E-state index contributed by atoms with van der Waals surface area (Å²) in [6, 6.07) is 4.31. The summed E-state index contributed by atoms with van der Waals surface area (Å²) in [6.45, 7) is 2.59. The van der Waals surface area contributed by atoms with Crippen molar-refractivity contribution in [2.24, 2.45) is 0 Å². The number of hydrogen-bond acceptors (Lipinski definition) is 6. The van der Waals surface area contributed by atoms with Crippen molar-refractivity contribution in [3.05, 3.63) is 40.5 Å². The van der Waals surface area contributed by atoms with E-state index < -0.39 is 0 Å². The third kappa shape index (κ3) is 5.02. The third-order valence-corrected chi connectivity index (χ3v) is 5.71. The predicted octanol–water partition coefficient (Wildman–Crippen LogP) is 2.78.